The second-order valence-electron chi connectivity index (χ2n) is 5.71. The Morgan fingerprint density at radius 1 is 1.04 bits per heavy atom. The molecule has 0 unspecified atom stereocenters. The van der Waals surface area contributed by atoms with Crippen LogP contribution in [0.25, 0.3) is 5.65 Å². The third-order valence-corrected chi connectivity index (χ3v) is 3.91. The molecule has 0 aliphatic heterocycles. The number of hydrogen-bond acceptors (Lipinski definition) is 6. The SMILES string of the molecule is COc1cc(C(=O)Nc2cc(C)c3nc(C)nn3c2)cc(OC)c1OC. The fourth-order valence-electron chi connectivity index (χ4n) is 2.74. The summed E-state index contributed by atoms with van der Waals surface area (Å²) >= 11 is 0. The number of rotatable bonds is 5. The average Bonchev–Trinajstić information content (AvgIpc) is 3.01. The molecule has 1 N–H and O–H groups in total. The highest BCUT2D eigenvalue weighted by molar-refractivity contribution is 6.05. The Morgan fingerprint density at radius 3 is 2.27 bits per heavy atom. The molecule has 3 aromatic rings. The average molecular weight is 356 g/mol. The van der Waals surface area contributed by atoms with Crippen LogP contribution in [-0.4, -0.2) is 41.8 Å². The maximum absolute atomic E-state index is 12.7. The Hall–Kier alpha value is -3.29. The summed E-state index contributed by atoms with van der Waals surface area (Å²) in [7, 11) is 4.52. The van der Waals surface area contributed by atoms with E-state index >= 15 is 0 Å². The second-order valence-corrected chi connectivity index (χ2v) is 5.71. The minimum atomic E-state index is -0.306. The number of carbonyl (C=O) groups excluding carboxylic acids is 1. The molecule has 0 aliphatic rings. The van der Waals surface area contributed by atoms with Crippen LogP contribution < -0.4 is 19.5 Å². The van der Waals surface area contributed by atoms with Crippen LogP contribution >= 0.6 is 0 Å². The summed E-state index contributed by atoms with van der Waals surface area (Å²) < 4.78 is 17.5. The summed E-state index contributed by atoms with van der Waals surface area (Å²) in [5, 5.41) is 7.15. The smallest absolute Gasteiger partial charge is 0.255 e. The molecule has 0 fully saturated rings. The first-order valence-corrected chi connectivity index (χ1v) is 7.91. The lowest BCUT2D eigenvalue weighted by Gasteiger charge is -2.14. The fourth-order valence-corrected chi connectivity index (χ4v) is 2.74. The highest BCUT2D eigenvalue weighted by atomic mass is 16.5. The lowest BCUT2D eigenvalue weighted by atomic mass is 10.1. The number of benzene rings is 1. The molecule has 0 saturated heterocycles. The van der Waals surface area contributed by atoms with Crippen LogP contribution in [0.5, 0.6) is 17.2 Å². The molecule has 0 atom stereocenters. The van der Waals surface area contributed by atoms with Crippen molar-refractivity contribution in [1.82, 2.24) is 14.6 Å². The van der Waals surface area contributed by atoms with Gasteiger partial charge in [0.2, 0.25) is 5.75 Å². The van der Waals surface area contributed by atoms with Crippen molar-refractivity contribution in [2.45, 2.75) is 13.8 Å². The Kier molecular flexibility index (Phi) is 4.66. The van der Waals surface area contributed by atoms with Crippen molar-refractivity contribution in [3.63, 3.8) is 0 Å². The van der Waals surface area contributed by atoms with Gasteiger partial charge in [0.05, 0.1) is 33.2 Å². The molecule has 0 saturated carbocycles. The van der Waals surface area contributed by atoms with Gasteiger partial charge in [0.25, 0.3) is 5.91 Å². The van der Waals surface area contributed by atoms with Crippen molar-refractivity contribution in [1.29, 1.82) is 0 Å². The van der Waals surface area contributed by atoms with Gasteiger partial charge in [0.15, 0.2) is 17.1 Å². The number of hydrogen-bond donors (Lipinski definition) is 1. The Labute approximate surface area is 150 Å². The highest BCUT2D eigenvalue weighted by Gasteiger charge is 2.17. The molecule has 136 valence electrons. The van der Waals surface area contributed by atoms with E-state index in [0.29, 0.717) is 34.3 Å². The fraction of sp³-hybridized carbons (Fsp3) is 0.278. The summed E-state index contributed by atoms with van der Waals surface area (Å²) in [6.07, 6.45) is 1.72. The molecule has 0 aliphatic carbocycles. The predicted octanol–water partition coefficient (Wildman–Crippen LogP) is 2.62. The zero-order valence-corrected chi connectivity index (χ0v) is 15.3. The van der Waals surface area contributed by atoms with Gasteiger partial charge in [-0.1, -0.05) is 0 Å². The van der Waals surface area contributed by atoms with Gasteiger partial charge in [-0.2, -0.15) is 5.10 Å². The lowest BCUT2D eigenvalue weighted by molar-refractivity contribution is 0.102. The van der Waals surface area contributed by atoms with E-state index in [4.69, 9.17) is 14.2 Å². The topological polar surface area (TPSA) is 87.0 Å². The monoisotopic (exact) mass is 356 g/mol. The van der Waals surface area contributed by atoms with Crippen LogP contribution in [0.2, 0.25) is 0 Å². The quantitative estimate of drug-likeness (QED) is 0.756. The predicted molar refractivity (Wildman–Crippen MR) is 96.5 cm³/mol. The number of anilines is 1. The number of ether oxygens (including phenoxy) is 3. The molecule has 2 aromatic heterocycles. The number of nitrogens with one attached hydrogen (secondary N) is 1. The van der Waals surface area contributed by atoms with Gasteiger partial charge in [-0.25, -0.2) is 9.50 Å². The van der Waals surface area contributed by atoms with Crippen molar-refractivity contribution in [2.24, 2.45) is 0 Å². The molecule has 0 spiro atoms. The first-order valence-electron chi connectivity index (χ1n) is 7.91. The van der Waals surface area contributed by atoms with Gasteiger partial charge in [-0.15, -0.1) is 0 Å². The normalized spacial score (nSPS) is 10.7. The summed E-state index contributed by atoms with van der Waals surface area (Å²) in [6, 6.07) is 5.04. The van der Waals surface area contributed by atoms with E-state index in [2.05, 4.69) is 15.4 Å². The Bertz CT molecular complexity index is 956. The number of pyridine rings is 1. The molecule has 1 aromatic carbocycles. The molecular weight excluding hydrogens is 336 g/mol. The zero-order valence-electron chi connectivity index (χ0n) is 15.3. The van der Waals surface area contributed by atoms with Gasteiger partial charge < -0.3 is 19.5 Å². The number of aromatic nitrogens is 3. The van der Waals surface area contributed by atoms with E-state index in [1.165, 1.54) is 21.3 Å². The summed E-state index contributed by atoms with van der Waals surface area (Å²) in [6.45, 7) is 3.74. The molecule has 8 heteroatoms. The van der Waals surface area contributed by atoms with E-state index in [1.54, 1.807) is 22.8 Å². The van der Waals surface area contributed by atoms with Gasteiger partial charge in [0, 0.05) is 5.56 Å². The number of aryl methyl sites for hydroxylation is 2. The van der Waals surface area contributed by atoms with Crippen LogP contribution in [0.15, 0.2) is 24.4 Å². The van der Waals surface area contributed by atoms with E-state index < -0.39 is 0 Å². The number of methoxy groups -OCH3 is 3. The minimum absolute atomic E-state index is 0.306. The van der Waals surface area contributed by atoms with Crippen molar-refractivity contribution < 1.29 is 19.0 Å². The van der Waals surface area contributed by atoms with Gasteiger partial charge >= 0.3 is 0 Å². The summed E-state index contributed by atoms with van der Waals surface area (Å²) in [4.78, 5) is 17.0. The molecule has 0 radical (unpaired) electrons. The maximum Gasteiger partial charge on any atom is 0.255 e. The third kappa shape index (κ3) is 3.13. The molecule has 2 heterocycles. The van der Waals surface area contributed by atoms with Crippen molar-refractivity contribution in [3.8, 4) is 17.2 Å². The number of carbonyl (C=O) groups is 1. The number of fused-ring (bicyclic) bond motifs is 1. The number of amides is 1. The van der Waals surface area contributed by atoms with Crippen LogP contribution in [0, 0.1) is 13.8 Å². The molecule has 1 amide bonds. The van der Waals surface area contributed by atoms with Gasteiger partial charge in [-0.3, -0.25) is 4.79 Å². The van der Waals surface area contributed by atoms with E-state index in [-0.39, 0.29) is 5.91 Å². The standard InChI is InChI=1S/C18H20N4O4/c1-10-6-13(9-22-17(10)19-11(2)21-22)20-18(23)12-7-14(24-3)16(26-5)15(8-12)25-4/h6-9H,1-5H3,(H,20,23). The Morgan fingerprint density at radius 2 is 1.69 bits per heavy atom. The largest absolute Gasteiger partial charge is 0.493 e. The van der Waals surface area contributed by atoms with Crippen LogP contribution in [0.3, 0.4) is 0 Å². The third-order valence-electron chi connectivity index (χ3n) is 3.91. The van der Waals surface area contributed by atoms with Crippen LogP contribution in [-0.2, 0) is 0 Å². The van der Waals surface area contributed by atoms with Gasteiger partial charge in [0.1, 0.15) is 5.82 Å². The van der Waals surface area contributed by atoms with Crippen molar-refractivity contribution in [2.75, 3.05) is 26.6 Å². The summed E-state index contributed by atoms with van der Waals surface area (Å²) in [5.74, 6) is 1.62. The molecule has 8 nitrogen and oxygen atoms in total. The summed E-state index contributed by atoms with van der Waals surface area (Å²) in [5.41, 5.74) is 2.66. The molecule has 26 heavy (non-hydrogen) atoms. The maximum atomic E-state index is 12.7. The lowest BCUT2D eigenvalue weighted by Crippen LogP contribution is -2.13. The van der Waals surface area contributed by atoms with Crippen LogP contribution in [0.1, 0.15) is 21.7 Å². The van der Waals surface area contributed by atoms with Crippen molar-refractivity contribution >= 4 is 17.2 Å². The Balaban J connectivity index is 1.95. The first kappa shape index (κ1) is 17.5. The second kappa shape index (κ2) is 6.91. The highest BCUT2D eigenvalue weighted by Crippen LogP contribution is 2.38. The van der Waals surface area contributed by atoms with Gasteiger partial charge in [-0.05, 0) is 37.6 Å². The van der Waals surface area contributed by atoms with Crippen molar-refractivity contribution in [3.05, 3.63) is 41.3 Å². The van der Waals surface area contributed by atoms with E-state index in [9.17, 15) is 4.79 Å². The number of nitrogens with zero attached hydrogens (tertiary/aromatic N) is 3. The first-order chi connectivity index (χ1) is 12.5. The van der Waals surface area contributed by atoms with E-state index in [0.717, 1.165) is 11.2 Å². The van der Waals surface area contributed by atoms with E-state index in [1.807, 2.05) is 19.9 Å². The molecular formula is C18H20N4O4. The van der Waals surface area contributed by atoms with Crippen LogP contribution in [0.4, 0.5) is 5.69 Å². The minimum Gasteiger partial charge on any atom is -0.493 e. The molecule has 0 bridgehead atoms. The zero-order chi connectivity index (χ0) is 18.8. The molecule has 3 rings (SSSR count).